The first kappa shape index (κ1) is 16.7. The maximum Gasteiger partial charge on any atom is 0.194 e. The minimum absolute atomic E-state index is 0.0286. The van der Waals surface area contributed by atoms with Crippen LogP contribution in [-0.4, -0.2) is 36.3 Å². The molecule has 4 nitrogen and oxygen atoms in total. The second kappa shape index (κ2) is 8.11. The molecule has 0 spiro atoms. The number of carbonyl (C=O) groups excluding carboxylic acids is 1. The second-order valence-corrected chi connectivity index (χ2v) is 5.58. The van der Waals surface area contributed by atoms with E-state index in [0.29, 0.717) is 17.9 Å². The number of aliphatic hydroxyl groups is 1. The highest BCUT2D eigenvalue weighted by Crippen LogP contribution is 2.35. The standard InChI is InChI=1S/C18H24O4/c1-2-13-22-18(10-4-3-5-11-18)17(20)15-6-8-16(9-7-15)21-14-12-19/h2,6-9,19H,1,3-5,10-14H2. The molecule has 22 heavy (non-hydrogen) atoms. The Hall–Kier alpha value is -1.65. The van der Waals surface area contributed by atoms with E-state index >= 15 is 0 Å². The van der Waals surface area contributed by atoms with Crippen molar-refractivity contribution in [2.75, 3.05) is 19.8 Å². The minimum Gasteiger partial charge on any atom is -0.491 e. The number of rotatable bonds is 8. The molecule has 120 valence electrons. The van der Waals surface area contributed by atoms with Crippen molar-refractivity contribution in [3.8, 4) is 5.75 Å². The third-order valence-corrected chi connectivity index (χ3v) is 4.03. The summed E-state index contributed by atoms with van der Waals surface area (Å²) >= 11 is 0. The monoisotopic (exact) mass is 304 g/mol. The topological polar surface area (TPSA) is 55.8 Å². The molecule has 1 aromatic rings. The molecule has 0 amide bonds. The van der Waals surface area contributed by atoms with E-state index in [2.05, 4.69) is 6.58 Å². The van der Waals surface area contributed by atoms with Gasteiger partial charge in [0.1, 0.15) is 18.0 Å². The van der Waals surface area contributed by atoms with Crippen molar-refractivity contribution in [1.82, 2.24) is 0 Å². The summed E-state index contributed by atoms with van der Waals surface area (Å²) in [5, 5.41) is 8.75. The van der Waals surface area contributed by atoms with Gasteiger partial charge in [0.2, 0.25) is 0 Å². The van der Waals surface area contributed by atoms with E-state index in [4.69, 9.17) is 14.6 Å². The first-order valence-corrected chi connectivity index (χ1v) is 7.85. The molecule has 0 saturated heterocycles. The average Bonchev–Trinajstić information content (AvgIpc) is 2.59. The molecule has 0 bridgehead atoms. The van der Waals surface area contributed by atoms with Gasteiger partial charge in [0.15, 0.2) is 5.78 Å². The largest absolute Gasteiger partial charge is 0.491 e. The Labute approximate surface area is 131 Å². The number of benzene rings is 1. The van der Waals surface area contributed by atoms with Crippen molar-refractivity contribution in [2.45, 2.75) is 37.7 Å². The van der Waals surface area contributed by atoms with Gasteiger partial charge in [-0.2, -0.15) is 0 Å². The van der Waals surface area contributed by atoms with Gasteiger partial charge in [0, 0.05) is 5.56 Å². The maximum absolute atomic E-state index is 12.9. The first-order valence-electron chi connectivity index (χ1n) is 7.85. The summed E-state index contributed by atoms with van der Waals surface area (Å²) < 4.78 is 11.2. The Morgan fingerprint density at radius 3 is 2.50 bits per heavy atom. The molecule has 1 aromatic carbocycles. The lowest BCUT2D eigenvalue weighted by atomic mass is 9.79. The minimum atomic E-state index is -0.708. The first-order chi connectivity index (χ1) is 10.7. The molecule has 0 unspecified atom stereocenters. The van der Waals surface area contributed by atoms with Gasteiger partial charge < -0.3 is 14.6 Å². The molecule has 2 rings (SSSR count). The zero-order valence-corrected chi connectivity index (χ0v) is 12.9. The molecule has 0 heterocycles. The van der Waals surface area contributed by atoms with Crippen LogP contribution in [0.5, 0.6) is 5.75 Å². The highest BCUT2D eigenvalue weighted by atomic mass is 16.5. The summed E-state index contributed by atoms with van der Waals surface area (Å²) in [6.07, 6.45) is 6.40. The van der Waals surface area contributed by atoms with Crippen LogP contribution in [0.4, 0.5) is 0 Å². The van der Waals surface area contributed by atoms with Gasteiger partial charge in [-0.25, -0.2) is 0 Å². The smallest absolute Gasteiger partial charge is 0.194 e. The molecule has 0 atom stereocenters. The van der Waals surface area contributed by atoms with Gasteiger partial charge in [-0.05, 0) is 37.1 Å². The molecule has 1 aliphatic carbocycles. The lowest BCUT2D eigenvalue weighted by Crippen LogP contribution is -2.43. The second-order valence-electron chi connectivity index (χ2n) is 5.58. The number of carbonyl (C=O) groups is 1. The fourth-order valence-corrected chi connectivity index (χ4v) is 2.91. The Morgan fingerprint density at radius 1 is 1.23 bits per heavy atom. The zero-order chi connectivity index (χ0) is 15.8. The molecular formula is C18H24O4. The molecule has 1 fully saturated rings. The Kier molecular flexibility index (Phi) is 6.16. The number of Topliss-reactive ketones (excluding diaryl/α,β-unsaturated/α-hetero) is 1. The van der Waals surface area contributed by atoms with Crippen LogP contribution in [0, 0.1) is 0 Å². The van der Waals surface area contributed by atoms with Crippen LogP contribution >= 0.6 is 0 Å². The summed E-state index contributed by atoms with van der Waals surface area (Å²) in [5.74, 6) is 0.693. The van der Waals surface area contributed by atoms with Crippen molar-refractivity contribution in [3.63, 3.8) is 0 Å². The van der Waals surface area contributed by atoms with Gasteiger partial charge in [0.25, 0.3) is 0 Å². The fourth-order valence-electron chi connectivity index (χ4n) is 2.91. The Morgan fingerprint density at radius 2 is 1.91 bits per heavy atom. The number of hydrogen-bond acceptors (Lipinski definition) is 4. The zero-order valence-electron chi connectivity index (χ0n) is 12.9. The predicted molar refractivity (Wildman–Crippen MR) is 85.3 cm³/mol. The molecule has 4 heteroatoms. The molecule has 0 aliphatic heterocycles. The van der Waals surface area contributed by atoms with Crippen molar-refractivity contribution < 1.29 is 19.4 Å². The van der Waals surface area contributed by atoms with E-state index in [1.807, 2.05) is 0 Å². The number of ether oxygens (including phenoxy) is 2. The number of ketones is 1. The van der Waals surface area contributed by atoms with Crippen LogP contribution in [0.25, 0.3) is 0 Å². The fraction of sp³-hybridized carbons (Fsp3) is 0.500. The molecule has 1 saturated carbocycles. The summed E-state index contributed by atoms with van der Waals surface area (Å²) in [7, 11) is 0. The number of aliphatic hydroxyl groups excluding tert-OH is 1. The van der Waals surface area contributed by atoms with Crippen LogP contribution in [0.15, 0.2) is 36.9 Å². The third-order valence-electron chi connectivity index (χ3n) is 4.03. The van der Waals surface area contributed by atoms with Gasteiger partial charge in [-0.3, -0.25) is 4.79 Å². The summed E-state index contributed by atoms with van der Waals surface area (Å²) in [6, 6.07) is 7.05. The van der Waals surface area contributed by atoms with E-state index in [-0.39, 0.29) is 19.0 Å². The molecule has 0 aromatic heterocycles. The molecule has 1 N–H and O–H groups in total. The maximum atomic E-state index is 12.9. The van der Waals surface area contributed by atoms with Crippen molar-refractivity contribution in [3.05, 3.63) is 42.5 Å². The van der Waals surface area contributed by atoms with Gasteiger partial charge >= 0.3 is 0 Å². The van der Waals surface area contributed by atoms with Gasteiger partial charge in [0.05, 0.1) is 13.2 Å². The summed E-state index contributed by atoms with van der Waals surface area (Å²) in [4.78, 5) is 12.9. The van der Waals surface area contributed by atoms with Gasteiger partial charge in [-0.1, -0.05) is 25.3 Å². The highest BCUT2D eigenvalue weighted by molar-refractivity contribution is 6.02. The molecule has 1 aliphatic rings. The predicted octanol–water partition coefficient (Wildman–Crippen LogP) is 3.15. The summed E-state index contributed by atoms with van der Waals surface area (Å²) in [5.41, 5.74) is -0.0674. The van der Waals surface area contributed by atoms with Crippen LogP contribution < -0.4 is 4.74 Å². The SMILES string of the molecule is C=CCOC1(C(=O)c2ccc(OCCO)cc2)CCCCC1. The Bertz CT molecular complexity index is 486. The Balaban J connectivity index is 2.13. The average molecular weight is 304 g/mol. The summed E-state index contributed by atoms with van der Waals surface area (Å²) in [6.45, 7) is 4.29. The van der Waals surface area contributed by atoms with Crippen LogP contribution in [0.3, 0.4) is 0 Å². The van der Waals surface area contributed by atoms with E-state index in [1.165, 1.54) is 0 Å². The molecule has 0 radical (unpaired) electrons. The van der Waals surface area contributed by atoms with Crippen molar-refractivity contribution in [1.29, 1.82) is 0 Å². The van der Waals surface area contributed by atoms with Crippen LogP contribution in [0.2, 0.25) is 0 Å². The highest BCUT2D eigenvalue weighted by Gasteiger charge is 2.40. The lowest BCUT2D eigenvalue weighted by molar-refractivity contribution is -0.0347. The van der Waals surface area contributed by atoms with E-state index in [1.54, 1.807) is 30.3 Å². The third kappa shape index (κ3) is 3.96. The quantitative estimate of drug-likeness (QED) is 0.592. The van der Waals surface area contributed by atoms with Crippen molar-refractivity contribution in [2.24, 2.45) is 0 Å². The van der Waals surface area contributed by atoms with Gasteiger partial charge in [-0.15, -0.1) is 6.58 Å². The number of hydrogen-bond donors (Lipinski definition) is 1. The van der Waals surface area contributed by atoms with Crippen LogP contribution in [0.1, 0.15) is 42.5 Å². The normalized spacial score (nSPS) is 17.0. The van der Waals surface area contributed by atoms with E-state index < -0.39 is 5.60 Å². The van der Waals surface area contributed by atoms with Crippen molar-refractivity contribution >= 4 is 5.78 Å². The van der Waals surface area contributed by atoms with E-state index in [9.17, 15) is 4.79 Å². The molecular weight excluding hydrogens is 280 g/mol. The van der Waals surface area contributed by atoms with E-state index in [0.717, 1.165) is 32.1 Å². The lowest BCUT2D eigenvalue weighted by Gasteiger charge is -2.35. The van der Waals surface area contributed by atoms with Crippen LogP contribution in [-0.2, 0) is 4.74 Å².